The number of carbonyl (C=O) groups excluding carboxylic acids is 1. The molecule has 0 bridgehead atoms. The Hall–Kier alpha value is -2.30. The molecule has 104 valence electrons. The number of benzene rings is 2. The van der Waals surface area contributed by atoms with Gasteiger partial charge in [0.15, 0.2) is 0 Å². The first kappa shape index (κ1) is 14.1. The van der Waals surface area contributed by atoms with E-state index >= 15 is 0 Å². The predicted octanol–water partition coefficient (Wildman–Crippen LogP) is 3.65. The van der Waals surface area contributed by atoms with Gasteiger partial charge in [-0.2, -0.15) is 0 Å². The number of hydrogen-bond acceptors (Lipinski definition) is 2. The van der Waals surface area contributed by atoms with Crippen LogP contribution in [0.4, 0.5) is 13.2 Å². The first-order valence-corrected chi connectivity index (χ1v) is 5.78. The molecule has 0 aliphatic rings. The van der Waals surface area contributed by atoms with E-state index in [0.717, 1.165) is 18.2 Å². The zero-order chi connectivity index (χ0) is 14.9. The minimum Gasteiger partial charge on any atom is -0.496 e. The van der Waals surface area contributed by atoms with Crippen LogP contribution in [0.3, 0.4) is 0 Å². The molecule has 0 aromatic heterocycles. The molecule has 0 aliphatic heterocycles. The van der Waals surface area contributed by atoms with Crippen molar-refractivity contribution in [1.29, 1.82) is 0 Å². The number of rotatable bonds is 3. The Bertz CT molecular complexity index is 681. The molecule has 20 heavy (non-hydrogen) atoms. The maximum absolute atomic E-state index is 13.9. The topological polar surface area (TPSA) is 26.3 Å². The third-order valence-electron chi connectivity index (χ3n) is 2.92. The Morgan fingerprint density at radius 2 is 1.80 bits per heavy atom. The molecule has 0 amide bonds. The quantitative estimate of drug-likeness (QED) is 0.802. The van der Waals surface area contributed by atoms with E-state index in [1.807, 2.05) is 0 Å². The largest absolute Gasteiger partial charge is 0.496 e. The number of aryl methyl sites for hydroxylation is 1. The Morgan fingerprint density at radius 3 is 2.45 bits per heavy atom. The highest BCUT2D eigenvalue weighted by atomic mass is 19.1. The van der Waals surface area contributed by atoms with Crippen molar-refractivity contribution in [2.75, 3.05) is 7.11 Å². The third-order valence-corrected chi connectivity index (χ3v) is 2.92. The molecule has 0 atom stereocenters. The average molecular weight is 280 g/mol. The molecule has 0 spiro atoms. The summed E-state index contributed by atoms with van der Waals surface area (Å²) < 4.78 is 45.8. The number of ketones is 1. The zero-order valence-corrected chi connectivity index (χ0v) is 10.8. The highest BCUT2D eigenvalue weighted by molar-refractivity contribution is 6.11. The number of halogens is 3. The van der Waals surface area contributed by atoms with Gasteiger partial charge < -0.3 is 4.74 Å². The van der Waals surface area contributed by atoms with Crippen molar-refractivity contribution in [2.45, 2.75) is 6.92 Å². The van der Waals surface area contributed by atoms with Gasteiger partial charge in [0.25, 0.3) is 0 Å². The van der Waals surface area contributed by atoms with E-state index < -0.39 is 28.8 Å². The highest BCUT2D eigenvalue weighted by Crippen LogP contribution is 2.26. The van der Waals surface area contributed by atoms with Crippen LogP contribution < -0.4 is 4.74 Å². The van der Waals surface area contributed by atoms with E-state index in [1.54, 1.807) is 0 Å². The van der Waals surface area contributed by atoms with Gasteiger partial charge in [-0.05, 0) is 36.8 Å². The van der Waals surface area contributed by atoms with Gasteiger partial charge in [0.1, 0.15) is 23.2 Å². The molecule has 2 nitrogen and oxygen atoms in total. The third kappa shape index (κ3) is 2.39. The average Bonchev–Trinajstić information content (AvgIpc) is 2.43. The predicted molar refractivity (Wildman–Crippen MR) is 67.5 cm³/mol. The Labute approximate surface area is 113 Å². The van der Waals surface area contributed by atoms with Gasteiger partial charge in [-0.3, -0.25) is 4.79 Å². The van der Waals surface area contributed by atoms with Gasteiger partial charge in [-0.25, -0.2) is 13.2 Å². The summed E-state index contributed by atoms with van der Waals surface area (Å²) in [6.45, 7) is 1.41. The molecule has 0 saturated heterocycles. The number of ether oxygens (including phenoxy) is 1. The maximum Gasteiger partial charge on any atom is 0.202 e. The van der Waals surface area contributed by atoms with E-state index in [2.05, 4.69) is 0 Å². The Balaban J connectivity index is 2.63. The van der Waals surface area contributed by atoms with Crippen LogP contribution in [0.15, 0.2) is 30.3 Å². The van der Waals surface area contributed by atoms with Crippen LogP contribution in [-0.4, -0.2) is 12.9 Å². The molecule has 0 radical (unpaired) electrons. The van der Waals surface area contributed by atoms with Crippen LogP contribution >= 0.6 is 0 Å². The molecule has 2 aromatic carbocycles. The van der Waals surface area contributed by atoms with Gasteiger partial charge in [-0.15, -0.1) is 0 Å². The summed E-state index contributed by atoms with van der Waals surface area (Å²) >= 11 is 0. The van der Waals surface area contributed by atoms with E-state index in [-0.39, 0.29) is 16.9 Å². The molecule has 0 saturated carbocycles. The first-order valence-electron chi connectivity index (χ1n) is 5.78. The maximum atomic E-state index is 13.9. The van der Waals surface area contributed by atoms with Gasteiger partial charge in [0.2, 0.25) is 5.78 Å². The second kappa shape index (κ2) is 5.36. The monoisotopic (exact) mass is 280 g/mol. The fourth-order valence-electron chi connectivity index (χ4n) is 1.86. The molecule has 0 unspecified atom stereocenters. The van der Waals surface area contributed by atoms with Crippen molar-refractivity contribution in [3.8, 4) is 5.75 Å². The van der Waals surface area contributed by atoms with E-state index in [4.69, 9.17) is 4.74 Å². The number of hydrogen-bond donors (Lipinski definition) is 0. The van der Waals surface area contributed by atoms with Crippen LogP contribution in [0, 0.1) is 24.4 Å². The molecular weight excluding hydrogens is 269 g/mol. The van der Waals surface area contributed by atoms with E-state index in [0.29, 0.717) is 0 Å². The zero-order valence-electron chi connectivity index (χ0n) is 10.8. The van der Waals surface area contributed by atoms with Crippen LogP contribution in [0.2, 0.25) is 0 Å². The van der Waals surface area contributed by atoms with Gasteiger partial charge in [-0.1, -0.05) is 6.07 Å². The second-order valence-corrected chi connectivity index (χ2v) is 4.23. The normalized spacial score (nSPS) is 10.4. The van der Waals surface area contributed by atoms with Crippen LogP contribution in [0.1, 0.15) is 21.5 Å². The fraction of sp³-hybridized carbons (Fsp3) is 0.133. The lowest BCUT2D eigenvalue weighted by Crippen LogP contribution is -2.10. The molecule has 0 fully saturated rings. The second-order valence-electron chi connectivity index (χ2n) is 4.23. The van der Waals surface area contributed by atoms with Crippen LogP contribution in [-0.2, 0) is 0 Å². The van der Waals surface area contributed by atoms with E-state index in [1.165, 1.54) is 26.2 Å². The number of carbonyl (C=O) groups is 1. The summed E-state index contributed by atoms with van der Waals surface area (Å²) in [4.78, 5) is 12.2. The molecule has 0 aliphatic carbocycles. The van der Waals surface area contributed by atoms with Gasteiger partial charge in [0, 0.05) is 0 Å². The summed E-state index contributed by atoms with van der Waals surface area (Å²) in [5.74, 6) is -3.55. The summed E-state index contributed by atoms with van der Waals surface area (Å²) in [5.41, 5.74) is -0.810. The van der Waals surface area contributed by atoms with E-state index in [9.17, 15) is 18.0 Å². The molecule has 5 heteroatoms. The van der Waals surface area contributed by atoms with Crippen molar-refractivity contribution >= 4 is 5.78 Å². The van der Waals surface area contributed by atoms with Crippen LogP contribution in [0.5, 0.6) is 5.75 Å². The van der Waals surface area contributed by atoms with Crippen molar-refractivity contribution in [1.82, 2.24) is 0 Å². The first-order chi connectivity index (χ1) is 9.45. The standard InChI is InChI=1S/C15H11F3O2/c1-8-3-5-11(17)13(14(8)18)15(19)10-7-9(16)4-6-12(10)20-2/h3-7H,1-2H3. The fourth-order valence-corrected chi connectivity index (χ4v) is 1.86. The van der Waals surface area contributed by atoms with Gasteiger partial charge in [0.05, 0.1) is 18.2 Å². The minimum atomic E-state index is -0.996. The van der Waals surface area contributed by atoms with Crippen molar-refractivity contribution < 1.29 is 22.7 Å². The lowest BCUT2D eigenvalue weighted by molar-refractivity contribution is 0.102. The smallest absolute Gasteiger partial charge is 0.202 e. The highest BCUT2D eigenvalue weighted by Gasteiger charge is 2.23. The van der Waals surface area contributed by atoms with Crippen molar-refractivity contribution in [2.24, 2.45) is 0 Å². The Kier molecular flexibility index (Phi) is 3.79. The van der Waals surface area contributed by atoms with Crippen molar-refractivity contribution in [3.05, 3.63) is 64.5 Å². The summed E-state index contributed by atoms with van der Waals surface area (Å²) in [6.07, 6.45) is 0. The lowest BCUT2D eigenvalue weighted by Gasteiger charge is -2.10. The summed E-state index contributed by atoms with van der Waals surface area (Å²) in [6, 6.07) is 5.44. The van der Waals surface area contributed by atoms with Crippen LogP contribution in [0.25, 0.3) is 0 Å². The lowest BCUT2D eigenvalue weighted by atomic mass is 9.99. The molecule has 0 heterocycles. The molecular formula is C15H11F3O2. The number of methoxy groups -OCH3 is 1. The molecule has 0 N–H and O–H groups in total. The minimum absolute atomic E-state index is 0.0525. The SMILES string of the molecule is COc1ccc(F)cc1C(=O)c1c(F)ccc(C)c1F. The Morgan fingerprint density at radius 1 is 1.10 bits per heavy atom. The van der Waals surface area contributed by atoms with Crippen molar-refractivity contribution in [3.63, 3.8) is 0 Å². The summed E-state index contributed by atoms with van der Waals surface area (Å²) in [7, 11) is 1.28. The molecule has 2 aromatic rings. The molecule has 2 rings (SSSR count). The summed E-state index contributed by atoms with van der Waals surface area (Å²) in [5, 5.41) is 0. The van der Waals surface area contributed by atoms with Gasteiger partial charge >= 0.3 is 0 Å².